The van der Waals surface area contributed by atoms with E-state index in [9.17, 15) is 10.1 Å². The van der Waals surface area contributed by atoms with Crippen molar-refractivity contribution in [3.63, 3.8) is 0 Å². The van der Waals surface area contributed by atoms with E-state index in [0.29, 0.717) is 5.41 Å². The molecule has 0 N–H and O–H groups in total. The summed E-state index contributed by atoms with van der Waals surface area (Å²) in [5.41, 5.74) is 3.66. The average Bonchev–Trinajstić information content (AvgIpc) is 3.11. The summed E-state index contributed by atoms with van der Waals surface area (Å²) in [5, 5.41) is 10.8. The number of rotatable bonds is 5. The third kappa shape index (κ3) is 2.96. The van der Waals surface area contributed by atoms with Crippen molar-refractivity contribution in [2.75, 3.05) is 6.61 Å². The van der Waals surface area contributed by atoms with Gasteiger partial charge in [-0.2, -0.15) is 0 Å². The molecule has 1 aliphatic carbocycles. The molecule has 0 atom stereocenters. The highest BCUT2D eigenvalue weighted by Gasteiger charge is 2.38. The predicted molar refractivity (Wildman–Crippen MR) is 108 cm³/mol. The first kappa shape index (κ1) is 16.3. The Labute approximate surface area is 160 Å². The maximum absolute atomic E-state index is 10.8. The Bertz CT molecular complexity index is 1170. The zero-order chi connectivity index (χ0) is 18.6. The maximum atomic E-state index is 10.8. The molecule has 0 unspecified atom stereocenters. The molecule has 27 heavy (non-hydrogen) atoms. The van der Waals surface area contributed by atoms with Crippen LogP contribution in [0.2, 0.25) is 0 Å². The summed E-state index contributed by atoms with van der Waals surface area (Å²) in [5.74, 6) is 0.927. The highest BCUT2D eigenvalue weighted by atomic mass is 32.1. The topological polar surface area (TPSA) is 56.8 Å². The van der Waals surface area contributed by atoms with Gasteiger partial charge in [0.1, 0.15) is 10.6 Å². The Hall–Kier alpha value is -2.86. The molecule has 0 bridgehead atoms. The van der Waals surface area contributed by atoms with Crippen molar-refractivity contribution >= 4 is 32.1 Å². The minimum atomic E-state index is -0.376. The third-order valence-corrected chi connectivity index (χ3v) is 6.36. The van der Waals surface area contributed by atoms with E-state index in [-0.39, 0.29) is 10.6 Å². The van der Waals surface area contributed by atoms with Crippen LogP contribution in [0.25, 0.3) is 26.2 Å². The van der Waals surface area contributed by atoms with Crippen molar-refractivity contribution < 1.29 is 9.66 Å². The van der Waals surface area contributed by atoms with Gasteiger partial charge in [0.05, 0.1) is 21.7 Å². The summed E-state index contributed by atoms with van der Waals surface area (Å²) < 4.78 is 9.34. The van der Waals surface area contributed by atoms with E-state index in [1.807, 2.05) is 6.07 Å². The van der Waals surface area contributed by atoms with E-state index in [0.717, 1.165) is 33.8 Å². The van der Waals surface area contributed by atoms with Crippen molar-refractivity contribution in [1.82, 2.24) is 4.40 Å². The smallest absolute Gasteiger partial charge is 0.269 e. The van der Waals surface area contributed by atoms with Crippen LogP contribution < -0.4 is 4.74 Å². The van der Waals surface area contributed by atoms with Crippen LogP contribution in [0.4, 0.5) is 5.69 Å². The van der Waals surface area contributed by atoms with E-state index in [2.05, 4.69) is 35.7 Å². The number of fused-ring (bicyclic) bond motifs is 3. The average molecular weight is 378 g/mol. The molecule has 4 aromatic rings. The number of hydrogen-bond donors (Lipinski definition) is 0. The molecule has 136 valence electrons. The molecule has 2 aromatic carbocycles. The molecule has 0 saturated heterocycles. The normalized spacial score (nSPS) is 15.3. The number of hydrogen-bond acceptors (Lipinski definition) is 4. The first-order chi connectivity index (χ1) is 13.0. The van der Waals surface area contributed by atoms with Gasteiger partial charge in [-0.25, -0.2) is 0 Å². The van der Waals surface area contributed by atoms with E-state index in [1.165, 1.54) is 17.5 Å². The predicted octanol–water partition coefficient (Wildman–Crippen LogP) is 5.91. The molecule has 0 spiro atoms. The Morgan fingerprint density at radius 1 is 1.15 bits per heavy atom. The number of benzene rings is 2. The fraction of sp³-hybridized carbons (Fsp3) is 0.238. The molecule has 0 aliphatic heterocycles. The van der Waals surface area contributed by atoms with Gasteiger partial charge in [0, 0.05) is 29.3 Å². The van der Waals surface area contributed by atoms with Crippen LogP contribution in [0.3, 0.4) is 0 Å². The molecule has 1 fully saturated rings. The van der Waals surface area contributed by atoms with E-state index < -0.39 is 0 Å². The minimum absolute atomic E-state index is 0.109. The highest BCUT2D eigenvalue weighted by Crippen LogP contribution is 2.45. The highest BCUT2D eigenvalue weighted by molar-refractivity contribution is 7.24. The van der Waals surface area contributed by atoms with Crippen molar-refractivity contribution in [2.45, 2.75) is 19.8 Å². The van der Waals surface area contributed by atoms with Gasteiger partial charge >= 0.3 is 0 Å². The number of non-ortho nitro benzene ring substituents is 1. The summed E-state index contributed by atoms with van der Waals surface area (Å²) in [4.78, 5) is 11.6. The summed E-state index contributed by atoms with van der Waals surface area (Å²) in [6.45, 7) is 3.05. The molecule has 2 heterocycles. The molecule has 1 aliphatic rings. The first-order valence-corrected chi connectivity index (χ1v) is 9.75. The second kappa shape index (κ2) is 5.82. The molecular formula is C21H18N2O3S. The molecule has 2 aromatic heterocycles. The Morgan fingerprint density at radius 2 is 1.93 bits per heavy atom. The van der Waals surface area contributed by atoms with Gasteiger partial charge in [0.15, 0.2) is 0 Å². The Kier molecular flexibility index (Phi) is 3.52. The molecule has 1 saturated carbocycles. The summed E-state index contributed by atoms with van der Waals surface area (Å²) in [6, 6.07) is 15.1. The Balaban J connectivity index is 1.46. The molecule has 5 nitrogen and oxygen atoms in total. The van der Waals surface area contributed by atoms with Gasteiger partial charge in [-0.15, -0.1) is 11.3 Å². The van der Waals surface area contributed by atoms with Crippen LogP contribution in [-0.4, -0.2) is 15.9 Å². The number of nitro benzene ring substituents is 1. The van der Waals surface area contributed by atoms with Crippen LogP contribution in [-0.2, 0) is 0 Å². The largest absolute Gasteiger partial charge is 0.493 e. The minimum Gasteiger partial charge on any atom is -0.493 e. The lowest BCUT2D eigenvalue weighted by atomic mass is 10.1. The van der Waals surface area contributed by atoms with Gasteiger partial charge < -0.3 is 9.14 Å². The third-order valence-electron chi connectivity index (χ3n) is 5.29. The first-order valence-electron chi connectivity index (χ1n) is 8.93. The van der Waals surface area contributed by atoms with Crippen LogP contribution in [0.15, 0.2) is 54.7 Å². The fourth-order valence-electron chi connectivity index (χ4n) is 3.24. The van der Waals surface area contributed by atoms with Crippen molar-refractivity contribution in [3.8, 4) is 16.9 Å². The number of ether oxygens (including phenoxy) is 1. The lowest BCUT2D eigenvalue weighted by Gasteiger charge is -2.10. The lowest BCUT2D eigenvalue weighted by Crippen LogP contribution is -2.08. The lowest BCUT2D eigenvalue weighted by molar-refractivity contribution is -0.384. The second-order valence-corrected chi connectivity index (χ2v) is 8.63. The molecular weight excluding hydrogens is 360 g/mol. The monoisotopic (exact) mass is 378 g/mol. The summed E-state index contributed by atoms with van der Waals surface area (Å²) in [7, 11) is 0. The van der Waals surface area contributed by atoms with Gasteiger partial charge in [-0.1, -0.05) is 6.92 Å². The standard InChI is InChI=1S/C21H18N2O3S/c1-21(8-9-21)13-26-17-6-7-18-19(11-17)27-20-10-15(12-22(18)20)14-2-4-16(5-3-14)23(24)25/h2-7,10-12H,8-9,13H2,1H3. The molecule has 6 heteroatoms. The fourth-order valence-corrected chi connectivity index (χ4v) is 4.34. The van der Waals surface area contributed by atoms with Crippen molar-refractivity contribution in [3.05, 3.63) is 64.8 Å². The number of nitrogens with zero attached hydrogens (tertiary/aromatic N) is 2. The van der Waals surface area contributed by atoms with E-state index in [4.69, 9.17) is 4.74 Å². The SMILES string of the molecule is CC1(COc2ccc3c(c2)sc2cc(-c4ccc([N+](=O)[O-])cc4)cn23)CC1. The quantitative estimate of drug-likeness (QED) is 0.320. The van der Waals surface area contributed by atoms with Gasteiger partial charge in [-0.3, -0.25) is 10.1 Å². The van der Waals surface area contributed by atoms with Crippen LogP contribution in [0.5, 0.6) is 5.75 Å². The zero-order valence-electron chi connectivity index (χ0n) is 14.8. The van der Waals surface area contributed by atoms with E-state index in [1.54, 1.807) is 35.6 Å². The number of thiazole rings is 1. The maximum Gasteiger partial charge on any atom is 0.269 e. The van der Waals surface area contributed by atoms with Crippen LogP contribution in [0, 0.1) is 15.5 Å². The zero-order valence-corrected chi connectivity index (χ0v) is 15.7. The van der Waals surface area contributed by atoms with Crippen molar-refractivity contribution in [2.24, 2.45) is 5.41 Å². The van der Waals surface area contributed by atoms with Gasteiger partial charge in [0.25, 0.3) is 5.69 Å². The molecule has 0 amide bonds. The Morgan fingerprint density at radius 3 is 2.63 bits per heavy atom. The van der Waals surface area contributed by atoms with Crippen LogP contribution in [0.1, 0.15) is 19.8 Å². The second-order valence-electron chi connectivity index (χ2n) is 7.57. The van der Waals surface area contributed by atoms with E-state index >= 15 is 0 Å². The van der Waals surface area contributed by atoms with Gasteiger partial charge in [-0.05, 0) is 54.8 Å². The number of nitro groups is 1. The van der Waals surface area contributed by atoms with Gasteiger partial charge in [0.2, 0.25) is 0 Å². The van der Waals surface area contributed by atoms with Crippen LogP contribution >= 0.6 is 11.3 Å². The summed E-state index contributed by atoms with van der Waals surface area (Å²) >= 11 is 1.72. The van der Waals surface area contributed by atoms with Crippen molar-refractivity contribution in [1.29, 1.82) is 0 Å². The number of aromatic nitrogens is 1. The summed E-state index contributed by atoms with van der Waals surface area (Å²) in [6.07, 6.45) is 4.59. The molecule has 0 radical (unpaired) electrons. The molecule has 5 rings (SSSR count).